The Labute approximate surface area is 127 Å². The quantitative estimate of drug-likeness (QED) is 0.810. The van der Waals surface area contributed by atoms with Gasteiger partial charge in [0.25, 0.3) is 0 Å². The molecule has 1 saturated heterocycles. The van der Waals surface area contributed by atoms with Gasteiger partial charge in [0.1, 0.15) is 0 Å². The molecule has 0 amide bonds. The maximum Gasteiger partial charge on any atom is 0.240 e. The molecule has 1 aromatic carbocycles. The van der Waals surface area contributed by atoms with Gasteiger partial charge in [-0.25, -0.2) is 13.1 Å². The van der Waals surface area contributed by atoms with Gasteiger partial charge in [-0.1, -0.05) is 13.0 Å². The Kier molecular flexibility index (Phi) is 5.24. The number of benzene rings is 1. The van der Waals surface area contributed by atoms with Crippen LogP contribution in [0.5, 0.6) is 0 Å². The lowest BCUT2D eigenvalue weighted by Gasteiger charge is -2.30. The Morgan fingerprint density at radius 3 is 2.67 bits per heavy atom. The van der Waals surface area contributed by atoms with Crippen LogP contribution in [0.15, 0.2) is 23.1 Å². The zero-order valence-electron chi connectivity index (χ0n) is 12.8. The van der Waals surface area contributed by atoms with Crippen LogP contribution in [0.4, 0.5) is 5.69 Å². The molecule has 1 heterocycles. The summed E-state index contributed by atoms with van der Waals surface area (Å²) in [5, 5.41) is 0. The summed E-state index contributed by atoms with van der Waals surface area (Å²) in [5.74, 6) is 0.785. The highest BCUT2D eigenvalue weighted by atomic mass is 32.2. The van der Waals surface area contributed by atoms with Gasteiger partial charge < -0.3 is 10.6 Å². The molecule has 0 aliphatic carbocycles. The lowest BCUT2D eigenvalue weighted by molar-refractivity contribution is 0.195. The summed E-state index contributed by atoms with van der Waals surface area (Å²) in [6.45, 7) is 7.35. The Bertz CT molecular complexity index is 579. The highest BCUT2D eigenvalue weighted by Crippen LogP contribution is 2.18. The molecule has 1 fully saturated rings. The number of hydrogen-bond acceptors (Lipinski definition) is 4. The molecule has 118 valence electrons. The maximum absolute atomic E-state index is 12.3. The molecule has 3 N–H and O–H groups in total. The zero-order valence-corrected chi connectivity index (χ0v) is 13.6. The largest absolute Gasteiger partial charge is 0.399 e. The van der Waals surface area contributed by atoms with Crippen LogP contribution in [0.2, 0.25) is 0 Å². The molecule has 1 aliphatic heterocycles. The third-order valence-corrected chi connectivity index (χ3v) is 5.70. The van der Waals surface area contributed by atoms with Gasteiger partial charge in [-0.2, -0.15) is 0 Å². The fourth-order valence-corrected chi connectivity index (χ4v) is 3.91. The molecule has 1 aliphatic rings. The maximum atomic E-state index is 12.3. The van der Waals surface area contributed by atoms with Gasteiger partial charge in [-0.15, -0.1) is 0 Å². The minimum absolute atomic E-state index is 0.273. The molecule has 2 rings (SSSR count). The average molecular weight is 311 g/mol. The molecule has 1 aromatic rings. The summed E-state index contributed by atoms with van der Waals surface area (Å²) >= 11 is 0. The zero-order chi connectivity index (χ0) is 15.5. The Hall–Kier alpha value is -1.11. The van der Waals surface area contributed by atoms with Crippen LogP contribution in [0, 0.1) is 12.8 Å². The molecule has 0 radical (unpaired) electrons. The lowest BCUT2D eigenvalue weighted by Crippen LogP contribution is -2.39. The summed E-state index contributed by atoms with van der Waals surface area (Å²) in [6.07, 6.45) is 2.39. The SMILES string of the molecule is Cc1ccc(N)cc1S(=O)(=O)NCCN1CCC(C)CC1. The molecule has 0 atom stereocenters. The van der Waals surface area contributed by atoms with Crippen molar-refractivity contribution in [3.8, 4) is 0 Å². The number of nitrogens with two attached hydrogens (primary N) is 1. The molecule has 21 heavy (non-hydrogen) atoms. The highest BCUT2D eigenvalue weighted by molar-refractivity contribution is 7.89. The van der Waals surface area contributed by atoms with Crippen LogP contribution < -0.4 is 10.5 Å². The minimum Gasteiger partial charge on any atom is -0.399 e. The van der Waals surface area contributed by atoms with Gasteiger partial charge in [-0.05, 0) is 56.5 Å². The average Bonchev–Trinajstić information content (AvgIpc) is 2.43. The van der Waals surface area contributed by atoms with Gasteiger partial charge in [0.15, 0.2) is 0 Å². The van der Waals surface area contributed by atoms with E-state index in [4.69, 9.17) is 5.73 Å². The lowest BCUT2D eigenvalue weighted by atomic mass is 9.99. The number of piperidine rings is 1. The van der Waals surface area contributed by atoms with Gasteiger partial charge in [0.2, 0.25) is 10.0 Å². The van der Waals surface area contributed by atoms with E-state index in [2.05, 4.69) is 16.5 Å². The topological polar surface area (TPSA) is 75.4 Å². The van der Waals surface area contributed by atoms with Gasteiger partial charge >= 0.3 is 0 Å². The van der Waals surface area contributed by atoms with Crippen molar-refractivity contribution in [3.05, 3.63) is 23.8 Å². The molecule has 6 heteroatoms. The van der Waals surface area contributed by atoms with E-state index in [1.807, 2.05) is 0 Å². The first-order chi connectivity index (χ1) is 9.88. The number of nitrogens with one attached hydrogen (secondary N) is 1. The van der Waals surface area contributed by atoms with E-state index in [1.54, 1.807) is 19.1 Å². The summed E-state index contributed by atoms with van der Waals surface area (Å²) in [7, 11) is -3.48. The van der Waals surface area contributed by atoms with Gasteiger partial charge in [-0.3, -0.25) is 0 Å². The number of nitrogens with zero attached hydrogens (tertiary/aromatic N) is 1. The van der Waals surface area contributed by atoms with Crippen LogP contribution in [0.3, 0.4) is 0 Å². The summed E-state index contributed by atoms with van der Waals surface area (Å²) < 4.78 is 27.3. The van der Waals surface area contributed by atoms with Crippen LogP contribution in [-0.2, 0) is 10.0 Å². The monoisotopic (exact) mass is 311 g/mol. The first kappa shape index (κ1) is 16.3. The van der Waals surface area contributed by atoms with Crippen molar-refractivity contribution in [2.45, 2.75) is 31.6 Å². The fourth-order valence-electron chi connectivity index (χ4n) is 2.61. The molecule has 0 spiro atoms. The number of aryl methyl sites for hydroxylation is 1. The standard InChI is InChI=1S/C15H25N3O2S/c1-12-5-8-18(9-6-12)10-7-17-21(19,20)15-11-14(16)4-3-13(15)2/h3-4,11-12,17H,5-10,16H2,1-2H3. The van der Waals surface area contributed by atoms with Crippen LogP contribution in [-0.4, -0.2) is 39.5 Å². The van der Waals surface area contributed by atoms with E-state index in [0.717, 1.165) is 25.6 Å². The van der Waals surface area contributed by atoms with Crippen molar-refractivity contribution < 1.29 is 8.42 Å². The van der Waals surface area contributed by atoms with E-state index in [9.17, 15) is 8.42 Å². The van der Waals surface area contributed by atoms with Crippen molar-refractivity contribution in [1.82, 2.24) is 9.62 Å². The van der Waals surface area contributed by atoms with E-state index < -0.39 is 10.0 Å². The number of sulfonamides is 1. The number of likely N-dealkylation sites (tertiary alicyclic amines) is 1. The van der Waals surface area contributed by atoms with E-state index in [0.29, 0.717) is 17.8 Å². The molecule has 0 saturated carbocycles. The second-order valence-electron chi connectivity index (χ2n) is 5.95. The number of nitrogen functional groups attached to an aromatic ring is 1. The van der Waals surface area contributed by atoms with Crippen LogP contribution in [0.1, 0.15) is 25.3 Å². The predicted octanol–water partition coefficient (Wildman–Crippen LogP) is 1.59. The normalized spacial score (nSPS) is 18.0. The van der Waals surface area contributed by atoms with Gasteiger partial charge in [0, 0.05) is 18.8 Å². The molecular weight excluding hydrogens is 286 g/mol. The predicted molar refractivity (Wildman–Crippen MR) is 85.6 cm³/mol. The van der Waals surface area contributed by atoms with Gasteiger partial charge in [0.05, 0.1) is 4.90 Å². The molecule has 5 nitrogen and oxygen atoms in total. The van der Waals surface area contributed by atoms with Crippen LogP contribution in [0.25, 0.3) is 0 Å². The molecular formula is C15H25N3O2S. The van der Waals surface area contributed by atoms with Crippen molar-refractivity contribution >= 4 is 15.7 Å². The highest BCUT2D eigenvalue weighted by Gasteiger charge is 2.19. The third-order valence-electron chi connectivity index (χ3n) is 4.10. The number of hydrogen-bond donors (Lipinski definition) is 2. The number of rotatable bonds is 5. The fraction of sp³-hybridized carbons (Fsp3) is 0.600. The Morgan fingerprint density at radius 2 is 2.00 bits per heavy atom. The Morgan fingerprint density at radius 1 is 1.33 bits per heavy atom. The minimum atomic E-state index is -3.48. The summed E-state index contributed by atoms with van der Waals surface area (Å²) in [5.41, 5.74) is 6.86. The smallest absolute Gasteiger partial charge is 0.240 e. The van der Waals surface area contributed by atoms with Crippen molar-refractivity contribution in [2.75, 3.05) is 31.9 Å². The van der Waals surface area contributed by atoms with Crippen molar-refractivity contribution in [2.24, 2.45) is 5.92 Å². The Balaban J connectivity index is 1.91. The first-order valence-electron chi connectivity index (χ1n) is 7.46. The van der Waals surface area contributed by atoms with E-state index in [-0.39, 0.29) is 4.90 Å². The third kappa shape index (κ3) is 4.43. The van der Waals surface area contributed by atoms with E-state index in [1.165, 1.54) is 18.9 Å². The van der Waals surface area contributed by atoms with Crippen molar-refractivity contribution in [3.63, 3.8) is 0 Å². The first-order valence-corrected chi connectivity index (χ1v) is 8.95. The van der Waals surface area contributed by atoms with E-state index >= 15 is 0 Å². The second kappa shape index (κ2) is 6.77. The molecule has 0 unspecified atom stereocenters. The number of anilines is 1. The van der Waals surface area contributed by atoms with Crippen molar-refractivity contribution in [1.29, 1.82) is 0 Å². The summed E-state index contributed by atoms with van der Waals surface area (Å²) in [6, 6.07) is 4.96. The summed E-state index contributed by atoms with van der Waals surface area (Å²) in [4.78, 5) is 2.59. The second-order valence-corrected chi connectivity index (χ2v) is 7.68. The van der Waals surface area contributed by atoms with Crippen LogP contribution >= 0.6 is 0 Å². The molecule has 0 bridgehead atoms. The molecule has 0 aromatic heterocycles.